The molecular formula is C19H21N5O4. The molecule has 4 rings (SSSR count). The maximum Gasteiger partial charge on any atom is 0.329 e. The largest absolute Gasteiger partial charge is 0.376 e. The van der Waals surface area contributed by atoms with Crippen LogP contribution in [0.4, 0.5) is 5.95 Å². The summed E-state index contributed by atoms with van der Waals surface area (Å²) in [6.45, 7) is 1.16. The summed E-state index contributed by atoms with van der Waals surface area (Å²) in [6.07, 6.45) is 2.00. The fourth-order valence-corrected chi connectivity index (χ4v) is 3.39. The number of ether oxygens (including phenoxy) is 1. The summed E-state index contributed by atoms with van der Waals surface area (Å²) in [5, 5.41) is 3.18. The van der Waals surface area contributed by atoms with Crippen molar-refractivity contribution >= 4 is 22.9 Å². The average molecular weight is 383 g/mol. The maximum absolute atomic E-state index is 12.7. The third-order valence-corrected chi connectivity index (χ3v) is 4.92. The van der Waals surface area contributed by atoms with E-state index in [9.17, 15) is 14.4 Å². The lowest BCUT2D eigenvalue weighted by atomic mass is 10.1. The van der Waals surface area contributed by atoms with Gasteiger partial charge in [-0.1, -0.05) is 30.3 Å². The normalized spacial score (nSPS) is 16.5. The number of carbonyl (C=O) groups is 1. The standard InChI is InChI=1S/C19H21N5O4/c1-23-16-15(17(26)22-19(23)27)24(11-14(25)12-6-3-2-4-7-12)18(21-16)20-10-13-8-5-9-28-13/h2-4,6-7,13H,5,8-11H2,1H3,(H,20,21)(H,22,26,27)/t13-/m1/s1. The number of H-pyrrole nitrogens is 1. The van der Waals surface area contributed by atoms with Crippen LogP contribution < -0.4 is 16.6 Å². The van der Waals surface area contributed by atoms with E-state index in [1.807, 2.05) is 6.07 Å². The zero-order chi connectivity index (χ0) is 19.7. The second-order valence-electron chi connectivity index (χ2n) is 6.82. The molecule has 1 aliphatic heterocycles. The van der Waals surface area contributed by atoms with Gasteiger partial charge in [0.25, 0.3) is 5.56 Å². The highest BCUT2D eigenvalue weighted by molar-refractivity contribution is 5.96. The van der Waals surface area contributed by atoms with Crippen LogP contribution in [0, 0.1) is 0 Å². The number of hydrogen-bond acceptors (Lipinski definition) is 6. The number of hydrogen-bond donors (Lipinski definition) is 2. The minimum Gasteiger partial charge on any atom is -0.376 e. The molecule has 0 saturated carbocycles. The van der Waals surface area contributed by atoms with E-state index in [0.717, 1.165) is 19.4 Å². The van der Waals surface area contributed by atoms with Gasteiger partial charge in [-0.25, -0.2) is 4.79 Å². The Morgan fingerprint density at radius 3 is 2.82 bits per heavy atom. The third kappa shape index (κ3) is 3.36. The number of imidazole rings is 1. The Hall–Kier alpha value is -3.20. The van der Waals surface area contributed by atoms with E-state index >= 15 is 0 Å². The molecule has 0 radical (unpaired) electrons. The van der Waals surface area contributed by atoms with Crippen molar-refractivity contribution in [3.8, 4) is 0 Å². The number of aromatic amines is 1. The number of benzene rings is 1. The van der Waals surface area contributed by atoms with E-state index in [1.165, 1.54) is 16.2 Å². The van der Waals surface area contributed by atoms with Gasteiger partial charge in [0, 0.05) is 25.8 Å². The number of nitrogens with one attached hydrogen (secondary N) is 2. The van der Waals surface area contributed by atoms with Crippen molar-refractivity contribution in [1.29, 1.82) is 0 Å². The smallest absolute Gasteiger partial charge is 0.329 e. The molecule has 146 valence electrons. The van der Waals surface area contributed by atoms with E-state index in [4.69, 9.17) is 4.74 Å². The van der Waals surface area contributed by atoms with Crippen LogP contribution in [0.1, 0.15) is 23.2 Å². The van der Waals surface area contributed by atoms with Crippen LogP contribution in [0.2, 0.25) is 0 Å². The Morgan fingerprint density at radius 1 is 1.32 bits per heavy atom. The average Bonchev–Trinajstić information content (AvgIpc) is 3.33. The molecule has 9 heteroatoms. The molecule has 3 heterocycles. The minimum absolute atomic E-state index is 0.0557. The second kappa shape index (κ2) is 7.43. The van der Waals surface area contributed by atoms with Crippen LogP contribution in [-0.2, 0) is 18.3 Å². The third-order valence-electron chi connectivity index (χ3n) is 4.92. The molecule has 0 spiro atoms. The Bertz CT molecular complexity index is 1120. The number of rotatable bonds is 6. The summed E-state index contributed by atoms with van der Waals surface area (Å²) < 4.78 is 8.40. The van der Waals surface area contributed by atoms with Gasteiger partial charge in [-0.15, -0.1) is 0 Å². The fourth-order valence-electron chi connectivity index (χ4n) is 3.39. The number of fused-ring (bicyclic) bond motifs is 1. The highest BCUT2D eigenvalue weighted by atomic mass is 16.5. The van der Waals surface area contributed by atoms with Gasteiger partial charge in [0.05, 0.1) is 12.6 Å². The Labute approximate surface area is 160 Å². The SMILES string of the molecule is Cn1c(=O)[nH]c(=O)c2c1nc(NC[C@H]1CCCO1)n2CC(=O)c1ccccc1. The molecule has 0 amide bonds. The van der Waals surface area contributed by atoms with Crippen molar-refractivity contribution in [2.45, 2.75) is 25.5 Å². The molecule has 3 aromatic rings. The van der Waals surface area contributed by atoms with Gasteiger partial charge < -0.3 is 10.1 Å². The molecule has 9 nitrogen and oxygen atoms in total. The highest BCUT2D eigenvalue weighted by Crippen LogP contribution is 2.18. The van der Waals surface area contributed by atoms with E-state index in [-0.39, 0.29) is 29.6 Å². The molecule has 2 N–H and O–H groups in total. The lowest BCUT2D eigenvalue weighted by molar-refractivity contribution is 0.0974. The molecule has 1 fully saturated rings. The van der Waals surface area contributed by atoms with Gasteiger partial charge in [-0.2, -0.15) is 4.98 Å². The van der Waals surface area contributed by atoms with E-state index in [1.54, 1.807) is 24.3 Å². The zero-order valence-electron chi connectivity index (χ0n) is 15.5. The van der Waals surface area contributed by atoms with Crippen LogP contribution >= 0.6 is 0 Å². The molecule has 1 aliphatic rings. The monoisotopic (exact) mass is 383 g/mol. The van der Waals surface area contributed by atoms with Crippen LogP contribution in [0.15, 0.2) is 39.9 Å². The first-order chi connectivity index (χ1) is 13.5. The number of nitrogens with zero attached hydrogens (tertiary/aromatic N) is 3. The van der Waals surface area contributed by atoms with Crippen molar-refractivity contribution in [3.63, 3.8) is 0 Å². The molecule has 1 aromatic carbocycles. The van der Waals surface area contributed by atoms with E-state index in [2.05, 4.69) is 15.3 Å². The number of aromatic nitrogens is 4. The number of ketones is 1. The van der Waals surface area contributed by atoms with Gasteiger partial charge in [0.2, 0.25) is 5.95 Å². The van der Waals surface area contributed by atoms with Gasteiger partial charge in [0.1, 0.15) is 0 Å². The highest BCUT2D eigenvalue weighted by Gasteiger charge is 2.21. The molecule has 1 saturated heterocycles. The van der Waals surface area contributed by atoms with Crippen LogP contribution in [0.3, 0.4) is 0 Å². The predicted octanol–water partition coefficient (Wildman–Crippen LogP) is 0.897. The number of aryl methyl sites for hydroxylation is 1. The topological polar surface area (TPSA) is 111 Å². The first kappa shape index (κ1) is 18.2. The molecule has 0 unspecified atom stereocenters. The maximum atomic E-state index is 12.7. The van der Waals surface area contributed by atoms with Gasteiger partial charge in [0.15, 0.2) is 16.9 Å². The van der Waals surface area contributed by atoms with Gasteiger partial charge in [-0.3, -0.25) is 23.7 Å². The number of Topliss-reactive ketones (excluding diaryl/α,β-unsaturated/α-hetero) is 1. The fraction of sp³-hybridized carbons (Fsp3) is 0.368. The lowest BCUT2D eigenvalue weighted by Gasteiger charge is -2.13. The number of anilines is 1. The first-order valence-corrected chi connectivity index (χ1v) is 9.18. The quantitative estimate of drug-likeness (QED) is 0.612. The summed E-state index contributed by atoms with van der Waals surface area (Å²) in [4.78, 5) is 43.9. The number of carbonyl (C=O) groups excluding carboxylic acids is 1. The molecule has 28 heavy (non-hydrogen) atoms. The van der Waals surface area contributed by atoms with Crippen molar-refractivity contribution in [1.82, 2.24) is 19.1 Å². The van der Waals surface area contributed by atoms with Crippen LogP contribution in [0.5, 0.6) is 0 Å². The van der Waals surface area contributed by atoms with Gasteiger partial charge >= 0.3 is 5.69 Å². The van der Waals surface area contributed by atoms with E-state index < -0.39 is 11.2 Å². The first-order valence-electron chi connectivity index (χ1n) is 9.18. The molecule has 1 atom stereocenters. The van der Waals surface area contributed by atoms with E-state index in [0.29, 0.717) is 18.1 Å². The summed E-state index contributed by atoms with van der Waals surface area (Å²) in [5.74, 6) is 0.204. The summed E-state index contributed by atoms with van der Waals surface area (Å²) in [6, 6.07) is 8.85. The lowest BCUT2D eigenvalue weighted by Crippen LogP contribution is -2.29. The Balaban J connectivity index is 1.75. The summed E-state index contributed by atoms with van der Waals surface area (Å²) >= 11 is 0. The molecule has 2 aromatic heterocycles. The predicted molar refractivity (Wildman–Crippen MR) is 104 cm³/mol. The molecule has 0 aliphatic carbocycles. The summed E-state index contributed by atoms with van der Waals surface area (Å²) in [7, 11) is 1.53. The van der Waals surface area contributed by atoms with Crippen molar-refractivity contribution < 1.29 is 9.53 Å². The molecular weight excluding hydrogens is 362 g/mol. The van der Waals surface area contributed by atoms with Gasteiger partial charge in [-0.05, 0) is 12.8 Å². The Morgan fingerprint density at radius 2 is 2.11 bits per heavy atom. The van der Waals surface area contributed by atoms with Crippen molar-refractivity contribution in [3.05, 3.63) is 56.7 Å². The van der Waals surface area contributed by atoms with Crippen LogP contribution in [-0.4, -0.2) is 44.1 Å². The minimum atomic E-state index is -0.573. The van der Waals surface area contributed by atoms with Crippen molar-refractivity contribution in [2.75, 3.05) is 18.5 Å². The summed E-state index contributed by atoms with van der Waals surface area (Å²) in [5.41, 5.74) is -0.180. The zero-order valence-corrected chi connectivity index (χ0v) is 15.5. The Kier molecular flexibility index (Phi) is 4.82. The second-order valence-corrected chi connectivity index (χ2v) is 6.82. The van der Waals surface area contributed by atoms with Crippen LogP contribution in [0.25, 0.3) is 11.2 Å². The van der Waals surface area contributed by atoms with Crippen molar-refractivity contribution in [2.24, 2.45) is 7.05 Å². The molecule has 0 bridgehead atoms.